The zero-order chi connectivity index (χ0) is 17.3. The van der Waals surface area contributed by atoms with Gasteiger partial charge in [0.2, 0.25) is 0 Å². The van der Waals surface area contributed by atoms with Gasteiger partial charge in [0.15, 0.2) is 4.99 Å². The van der Waals surface area contributed by atoms with E-state index >= 15 is 0 Å². The summed E-state index contributed by atoms with van der Waals surface area (Å²) < 4.78 is 10.2. The topological polar surface area (TPSA) is 59.1 Å². The fourth-order valence-electron chi connectivity index (χ4n) is 2.38. The molecule has 2 aromatic rings. The Balaban J connectivity index is 1.94. The van der Waals surface area contributed by atoms with E-state index in [1.54, 1.807) is 62.8 Å². The van der Waals surface area contributed by atoms with E-state index in [0.29, 0.717) is 22.9 Å². The van der Waals surface area contributed by atoms with Crippen molar-refractivity contribution in [2.24, 2.45) is 0 Å². The van der Waals surface area contributed by atoms with E-state index in [4.69, 9.17) is 21.7 Å². The Kier molecular flexibility index (Phi) is 4.18. The summed E-state index contributed by atoms with van der Waals surface area (Å²) in [5, 5.41) is 0. The van der Waals surface area contributed by atoms with Gasteiger partial charge in [0.25, 0.3) is 5.91 Å². The number of nitrogens with zero attached hydrogens (tertiary/aromatic N) is 2. The smallest absolute Gasteiger partial charge is 0.341 e. The largest absolute Gasteiger partial charge is 0.497 e. The zero-order valence-corrected chi connectivity index (χ0v) is 13.9. The molecule has 1 heterocycles. The Morgan fingerprint density at radius 2 is 1.17 bits per heavy atom. The summed E-state index contributed by atoms with van der Waals surface area (Å²) in [7, 11) is 3.09. The fraction of sp³-hybridized carbons (Fsp3) is 0.118. The van der Waals surface area contributed by atoms with Gasteiger partial charge in [0.05, 0.1) is 25.6 Å². The molecule has 2 aromatic carbocycles. The molecule has 3 amide bonds. The summed E-state index contributed by atoms with van der Waals surface area (Å²) in [4.78, 5) is 27.3. The predicted octanol–water partition coefficient (Wildman–Crippen LogP) is 3.00. The second-order valence-corrected chi connectivity index (χ2v) is 5.35. The van der Waals surface area contributed by atoms with Crippen molar-refractivity contribution in [2.75, 3.05) is 24.0 Å². The third-order valence-corrected chi connectivity index (χ3v) is 3.99. The molecule has 3 rings (SSSR count). The summed E-state index contributed by atoms with van der Waals surface area (Å²) >= 11 is 5.17. The monoisotopic (exact) mass is 342 g/mol. The minimum absolute atomic E-state index is 0.0685. The molecular formula is C17H14N2O4S. The first-order valence-electron chi connectivity index (χ1n) is 7.07. The molecule has 6 nitrogen and oxygen atoms in total. The first-order valence-corrected chi connectivity index (χ1v) is 7.48. The van der Waals surface area contributed by atoms with Crippen molar-refractivity contribution in [3.8, 4) is 11.5 Å². The van der Waals surface area contributed by atoms with Gasteiger partial charge >= 0.3 is 6.03 Å². The molecule has 0 unspecified atom stereocenters. The van der Waals surface area contributed by atoms with Crippen LogP contribution in [0.3, 0.4) is 0 Å². The van der Waals surface area contributed by atoms with Crippen molar-refractivity contribution >= 4 is 40.5 Å². The summed E-state index contributed by atoms with van der Waals surface area (Å²) in [6, 6.07) is 12.9. The Labute approximate surface area is 144 Å². The second kappa shape index (κ2) is 6.29. The molecule has 0 bridgehead atoms. The Morgan fingerprint density at radius 1 is 0.750 bits per heavy atom. The van der Waals surface area contributed by atoms with Crippen molar-refractivity contribution in [1.82, 2.24) is 0 Å². The number of hydrogen-bond donors (Lipinski definition) is 0. The summed E-state index contributed by atoms with van der Waals surface area (Å²) in [6.45, 7) is 0. The number of amides is 3. The van der Waals surface area contributed by atoms with E-state index < -0.39 is 11.9 Å². The lowest BCUT2D eigenvalue weighted by molar-refractivity contribution is -0.111. The van der Waals surface area contributed by atoms with E-state index in [2.05, 4.69) is 0 Å². The lowest BCUT2D eigenvalue weighted by atomic mass is 10.3. The van der Waals surface area contributed by atoms with Crippen LogP contribution in [0.25, 0.3) is 0 Å². The number of hydrogen-bond acceptors (Lipinski definition) is 5. The first kappa shape index (κ1) is 15.9. The van der Waals surface area contributed by atoms with Gasteiger partial charge in [-0.25, -0.2) is 14.6 Å². The second-order valence-electron chi connectivity index (χ2n) is 4.96. The average molecular weight is 342 g/mol. The lowest BCUT2D eigenvalue weighted by Gasteiger charge is -2.17. The van der Waals surface area contributed by atoms with Gasteiger partial charge in [-0.3, -0.25) is 4.79 Å². The number of carbonyl (C=O) groups excluding carboxylic acids is 2. The molecule has 24 heavy (non-hydrogen) atoms. The summed E-state index contributed by atoms with van der Waals surface area (Å²) in [5.74, 6) is 0.748. The molecule has 1 aliphatic heterocycles. The molecule has 7 heteroatoms. The molecule has 0 atom stereocenters. The number of urea groups is 1. The van der Waals surface area contributed by atoms with Crippen molar-refractivity contribution < 1.29 is 19.1 Å². The van der Waals surface area contributed by atoms with Crippen LogP contribution in [0.5, 0.6) is 11.5 Å². The van der Waals surface area contributed by atoms with Crippen molar-refractivity contribution in [3.63, 3.8) is 0 Å². The van der Waals surface area contributed by atoms with Gasteiger partial charge < -0.3 is 9.47 Å². The molecular weight excluding hydrogens is 328 g/mol. The maximum atomic E-state index is 12.7. The zero-order valence-electron chi connectivity index (χ0n) is 13.1. The van der Waals surface area contributed by atoms with E-state index in [-0.39, 0.29) is 4.99 Å². The molecule has 1 aliphatic rings. The molecule has 0 aliphatic carbocycles. The quantitative estimate of drug-likeness (QED) is 0.631. The van der Waals surface area contributed by atoms with Crippen LogP contribution in [0.2, 0.25) is 0 Å². The summed E-state index contributed by atoms with van der Waals surface area (Å²) in [5.41, 5.74) is 0.944. The highest BCUT2D eigenvalue weighted by Gasteiger charge is 2.43. The van der Waals surface area contributed by atoms with Gasteiger partial charge in [-0.1, -0.05) is 12.2 Å². The van der Waals surface area contributed by atoms with Crippen LogP contribution in [0.1, 0.15) is 0 Å². The SMILES string of the molecule is COc1ccc(N2C(=O)C(=S)N(c3ccc(OC)cc3)C2=O)cc1. The molecule has 122 valence electrons. The number of ether oxygens (including phenoxy) is 2. The molecule has 0 saturated carbocycles. The Hall–Kier alpha value is -2.93. The van der Waals surface area contributed by atoms with Crippen LogP contribution >= 0.6 is 12.2 Å². The fourth-order valence-corrected chi connectivity index (χ4v) is 2.66. The normalized spacial score (nSPS) is 14.3. The van der Waals surface area contributed by atoms with E-state index in [9.17, 15) is 9.59 Å². The van der Waals surface area contributed by atoms with Gasteiger partial charge in [0.1, 0.15) is 11.5 Å². The van der Waals surface area contributed by atoms with E-state index in [1.165, 1.54) is 4.90 Å². The van der Waals surface area contributed by atoms with Gasteiger partial charge in [-0.05, 0) is 48.5 Å². The molecule has 0 aromatic heterocycles. The number of carbonyl (C=O) groups is 2. The van der Waals surface area contributed by atoms with Gasteiger partial charge in [0, 0.05) is 0 Å². The number of anilines is 2. The van der Waals surface area contributed by atoms with Crippen LogP contribution in [0.15, 0.2) is 48.5 Å². The minimum atomic E-state index is -0.531. The molecule has 1 fully saturated rings. The van der Waals surface area contributed by atoms with Crippen molar-refractivity contribution in [1.29, 1.82) is 0 Å². The van der Waals surface area contributed by atoms with Crippen LogP contribution in [0, 0.1) is 0 Å². The van der Waals surface area contributed by atoms with Gasteiger partial charge in [-0.15, -0.1) is 0 Å². The maximum Gasteiger partial charge on any atom is 0.341 e. The highest BCUT2D eigenvalue weighted by molar-refractivity contribution is 7.82. The number of rotatable bonds is 4. The molecule has 0 spiro atoms. The van der Waals surface area contributed by atoms with Crippen LogP contribution < -0.4 is 19.3 Å². The number of imide groups is 1. The molecule has 1 saturated heterocycles. The third kappa shape index (κ3) is 2.59. The average Bonchev–Trinajstić information content (AvgIpc) is 2.84. The number of methoxy groups -OCH3 is 2. The van der Waals surface area contributed by atoms with Crippen molar-refractivity contribution in [2.45, 2.75) is 0 Å². The van der Waals surface area contributed by atoms with Crippen molar-refractivity contribution in [3.05, 3.63) is 48.5 Å². The standard InChI is InChI=1S/C17H14N2O4S/c1-22-13-7-3-11(4-8-13)18-15(20)16(24)19(17(18)21)12-5-9-14(23-2)10-6-12/h3-10H,1-2H3. The lowest BCUT2D eigenvalue weighted by Crippen LogP contribution is -2.33. The predicted molar refractivity (Wildman–Crippen MR) is 93.9 cm³/mol. The van der Waals surface area contributed by atoms with Gasteiger partial charge in [-0.2, -0.15) is 0 Å². The van der Waals surface area contributed by atoms with Crippen LogP contribution in [-0.2, 0) is 4.79 Å². The highest BCUT2D eigenvalue weighted by atomic mass is 32.1. The first-order chi connectivity index (χ1) is 11.6. The number of thiocarbonyl (C=S) groups is 1. The summed E-state index contributed by atoms with van der Waals surface area (Å²) in [6.07, 6.45) is 0. The van der Waals surface area contributed by atoms with Crippen LogP contribution in [-0.4, -0.2) is 31.1 Å². The molecule has 0 N–H and O–H groups in total. The Morgan fingerprint density at radius 3 is 1.58 bits per heavy atom. The maximum absolute atomic E-state index is 12.7. The number of benzene rings is 2. The minimum Gasteiger partial charge on any atom is -0.497 e. The van der Waals surface area contributed by atoms with Crippen LogP contribution in [0.4, 0.5) is 16.2 Å². The highest BCUT2D eigenvalue weighted by Crippen LogP contribution is 2.29. The third-order valence-electron chi connectivity index (χ3n) is 3.63. The molecule has 0 radical (unpaired) electrons. The Bertz CT molecular complexity index is 735. The van der Waals surface area contributed by atoms with E-state index in [0.717, 1.165) is 4.90 Å². The van der Waals surface area contributed by atoms with E-state index in [1.807, 2.05) is 0 Å².